The van der Waals surface area contributed by atoms with Crippen molar-refractivity contribution in [3.05, 3.63) is 94.3 Å². The smallest absolute Gasteiger partial charge is 0.169 e. The third-order valence-corrected chi connectivity index (χ3v) is 6.96. The van der Waals surface area contributed by atoms with Crippen molar-refractivity contribution in [1.29, 1.82) is 0 Å². The summed E-state index contributed by atoms with van der Waals surface area (Å²) in [5.74, 6) is 4.43. The van der Waals surface area contributed by atoms with E-state index in [9.17, 15) is 0 Å². The molecule has 0 aliphatic carbocycles. The van der Waals surface area contributed by atoms with Crippen LogP contribution in [0.25, 0.3) is 22.3 Å². The van der Waals surface area contributed by atoms with E-state index in [1.807, 2.05) is 0 Å². The van der Waals surface area contributed by atoms with E-state index >= 15 is 0 Å². The molecule has 3 aromatic rings. The summed E-state index contributed by atoms with van der Waals surface area (Å²) in [6.07, 6.45) is 0. The minimum absolute atomic E-state index is 0.414. The van der Waals surface area contributed by atoms with Gasteiger partial charge in [-0.25, -0.2) is 0 Å². The summed E-state index contributed by atoms with van der Waals surface area (Å²) in [6.45, 7) is 13.6. The van der Waals surface area contributed by atoms with Crippen LogP contribution in [0, 0.1) is 5.88 Å². The average Bonchev–Trinajstić information content (AvgIpc) is 3.11. The second-order valence-corrected chi connectivity index (χ2v) is 9.86. The Morgan fingerprint density at radius 1 is 0.710 bits per heavy atom. The standard InChI is InChI=1S/C29H31NS/c1-19(2)25-17-26(20(3)4)28(24-15-11-8-12-16-24)29(30-18-31-22(6)21(30)5)27(25)23-13-9-7-10-14-23/h7-17,19-20H,1-6H3. The monoisotopic (exact) mass is 425 g/mol. The maximum Gasteiger partial charge on any atom is 0.169 e. The highest BCUT2D eigenvalue weighted by Gasteiger charge is 2.30. The van der Waals surface area contributed by atoms with Crippen molar-refractivity contribution in [3.63, 3.8) is 0 Å². The van der Waals surface area contributed by atoms with Gasteiger partial charge in [-0.05, 0) is 47.9 Å². The van der Waals surface area contributed by atoms with Crippen molar-refractivity contribution in [2.24, 2.45) is 0 Å². The van der Waals surface area contributed by atoms with E-state index in [4.69, 9.17) is 0 Å². The molecule has 0 N–H and O–H groups in total. The minimum atomic E-state index is 0.414. The van der Waals surface area contributed by atoms with E-state index in [1.54, 1.807) is 11.8 Å². The van der Waals surface area contributed by atoms with Crippen LogP contribution in [0.1, 0.15) is 64.5 Å². The normalized spacial score (nSPS) is 14.3. The van der Waals surface area contributed by atoms with Gasteiger partial charge in [0.05, 0.1) is 5.69 Å². The van der Waals surface area contributed by atoms with Gasteiger partial charge in [0.1, 0.15) is 0 Å². The molecule has 158 valence electrons. The first kappa shape index (κ1) is 21.8. The Balaban J connectivity index is 2.18. The molecule has 0 amide bonds. The molecule has 0 bridgehead atoms. The zero-order valence-corrected chi connectivity index (χ0v) is 20.2. The number of rotatable bonds is 5. The molecule has 0 atom stereocenters. The summed E-state index contributed by atoms with van der Waals surface area (Å²) in [5, 5.41) is 0. The summed E-state index contributed by atoms with van der Waals surface area (Å²) in [4.78, 5) is 3.61. The summed E-state index contributed by atoms with van der Waals surface area (Å²) in [7, 11) is 0. The lowest BCUT2D eigenvalue weighted by molar-refractivity contribution is 0.836. The van der Waals surface area contributed by atoms with E-state index in [2.05, 4.69) is 119 Å². The molecule has 4 rings (SSSR count). The summed E-state index contributed by atoms with van der Waals surface area (Å²) in [6, 6.07) is 24.2. The maximum atomic E-state index is 3.60. The number of allylic oxidation sites excluding steroid dienone is 2. The predicted octanol–water partition coefficient (Wildman–Crippen LogP) is 9.07. The Labute approximate surface area is 192 Å². The second-order valence-electron chi connectivity index (χ2n) is 8.87. The summed E-state index contributed by atoms with van der Waals surface area (Å²) < 4.78 is 0. The topological polar surface area (TPSA) is 3.24 Å². The molecule has 0 fully saturated rings. The average molecular weight is 426 g/mol. The molecule has 2 radical (unpaired) electrons. The van der Waals surface area contributed by atoms with Gasteiger partial charge in [-0.1, -0.05) is 106 Å². The van der Waals surface area contributed by atoms with Crippen molar-refractivity contribution in [2.45, 2.75) is 53.4 Å². The van der Waals surface area contributed by atoms with Gasteiger partial charge in [0.15, 0.2) is 5.88 Å². The molecule has 1 nitrogen and oxygen atoms in total. The van der Waals surface area contributed by atoms with Gasteiger partial charge in [0, 0.05) is 21.7 Å². The zero-order chi connectivity index (χ0) is 22.1. The SMILES string of the molecule is CC1=C(C)N(c2c(-c3ccccc3)c(C(C)C)cc(C(C)C)c2-c2ccccc2)[C]S1. The van der Waals surface area contributed by atoms with E-state index in [0.29, 0.717) is 11.8 Å². The van der Waals surface area contributed by atoms with Crippen molar-refractivity contribution in [1.82, 2.24) is 0 Å². The van der Waals surface area contributed by atoms with Gasteiger partial charge in [-0.15, -0.1) is 0 Å². The molecule has 0 aromatic heterocycles. The second kappa shape index (κ2) is 8.96. The van der Waals surface area contributed by atoms with Gasteiger partial charge in [0.2, 0.25) is 0 Å². The van der Waals surface area contributed by atoms with E-state index in [-0.39, 0.29) is 0 Å². The molecule has 1 aliphatic rings. The van der Waals surface area contributed by atoms with Crippen molar-refractivity contribution >= 4 is 17.4 Å². The van der Waals surface area contributed by atoms with Gasteiger partial charge in [0.25, 0.3) is 0 Å². The largest absolute Gasteiger partial charge is 0.322 e. The fourth-order valence-corrected chi connectivity index (χ4v) is 4.98. The van der Waals surface area contributed by atoms with Gasteiger partial charge < -0.3 is 4.90 Å². The van der Waals surface area contributed by atoms with Crippen LogP contribution in [-0.2, 0) is 0 Å². The molecule has 0 saturated carbocycles. The fourth-order valence-electron chi connectivity index (χ4n) is 4.29. The highest BCUT2D eigenvalue weighted by molar-refractivity contribution is 8.05. The van der Waals surface area contributed by atoms with Crippen molar-refractivity contribution < 1.29 is 0 Å². The minimum Gasteiger partial charge on any atom is -0.322 e. The first-order valence-corrected chi connectivity index (χ1v) is 11.9. The van der Waals surface area contributed by atoms with Crippen LogP contribution in [0.5, 0.6) is 0 Å². The predicted molar refractivity (Wildman–Crippen MR) is 137 cm³/mol. The third-order valence-electron chi connectivity index (χ3n) is 6.09. The van der Waals surface area contributed by atoms with Crippen LogP contribution >= 0.6 is 11.8 Å². The lowest BCUT2D eigenvalue weighted by Crippen LogP contribution is -2.17. The Morgan fingerprint density at radius 2 is 1.16 bits per heavy atom. The number of benzene rings is 3. The first-order chi connectivity index (χ1) is 14.9. The quantitative estimate of drug-likeness (QED) is 0.401. The zero-order valence-electron chi connectivity index (χ0n) is 19.4. The Kier molecular flexibility index (Phi) is 6.29. The molecule has 2 heteroatoms. The molecule has 1 heterocycles. The highest BCUT2D eigenvalue weighted by Crippen LogP contribution is 2.52. The van der Waals surface area contributed by atoms with Crippen molar-refractivity contribution in [2.75, 3.05) is 4.90 Å². The van der Waals surface area contributed by atoms with Crippen molar-refractivity contribution in [3.8, 4) is 22.3 Å². The molecule has 0 saturated heterocycles. The lowest BCUT2D eigenvalue weighted by Gasteiger charge is -2.31. The highest BCUT2D eigenvalue weighted by atomic mass is 32.2. The number of nitrogens with zero attached hydrogens (tertiary/aromatic N) is 1. The van der Waals surface area contributed by atoms with Crippen LogP contribution in [-0.4, -0.2) is 0 Å². The van der Waals surface area contributed by atoms with Crippen LogP contribution < -0.4 is 4.90 Å². The lowest BCUT2D eigenvalue weighted by atomic mass is 9.81. The molecule has 3 aromatic carbocycles. The molecule has 0 unspecified atom stereocenters. The van der Waals surface area contributed by atoms with E-state index in [0.717, 1.165) is 0 Å². The Morgan fingerprint density at radius 3 is 1.52 bits per heavy atom. The number of anilines is 1. The van der Waals surface area contributed by atoms with Gasteiger partial charge in [-0.2, -0.15) is 0 Å². The van der Waals surface area contributed by atoms with E-state index in [1.165, 1.54) is 49.7 Å². The third kappa shape index (κ3) is 4.06. The molecule has 31 heavy (non-hydrogen) atoms. The maximum absolute atomic E-state index is 3.60. The van der Waals surface area contributed by atoms with Crippen LogP contribution in [0.3, 0.4) is 0 Å². The van der Waals surface area contributed by atoms with Crippen LogP contribution in [0.2, 0.25) is 0 Å². The number of thioether (sulfide) groups is 1. The molecular weight excluding hydrogens is 394 g/mol. The number of hydrogen-bond donors (Lipinski definition) is 0. The van der Waals surface area contributed by atoms with Crippen LogP contribution in [0.4, 0.5) is 5.69 Å². The van der Waals surface area contributed by atoms with Gasteiger partial charge in [-0.3, -0.25) is 0 Å². The van der Waals surface area contributed by atoms with E-state index < -0.39 is 0 Å². The molecular formula is C29H31NS. The van der Waals surface area contributed by atoms with Gasteiger partial charge >= 0.3 is 0 Å². The Hall–Kier alpha value is -2.45. The first-order valence-electron chi connectivity index (χ1n) is 11.1. The fraction of sp³-hybridized carbons (Fsp3) is 0.276. The van der Waals surface area contributed by atoms with Crippen LogP contribution in [0.15, 0.2) is 77.3 Å². The Bertz CT molecular complexity index is 1020. The summed E-state index contributed by atoms with van der Waals surface area (Å²) in [5.41, 5.74) is 10.5. The number of hydrogen-bond acceptors (Lipinski definition) is 2. The molecule has 1 aliphatic heterocycles. The summed E-state index contributed by atoms with van der Waals surface area (Å²) >= 11 is 1.70. The molecule has 0 spiro atoms.